The first-order valence-corrected chi connectivity index (χ1v) is 6.39. The van der Waals surface area contributed by atoms with Gasteiger partial charge in [-0.25, -0.2) is 4.79 Å². The molecule has 0 aliphatic heterocycles. The monoisotopic (exact) mass is 263 g/mol. The highest BCUT2D eigenvalue weighted by atomic mass is 16.6. The van der Waals surface area contributed by atoms with Crippen LogP contribution in [0, 0.1) is 0 Å². The van der Waals surface area contributed by atoms with Gasteiger partial charge in [-0.3, -0.25) is 0 Å². The summed E-state index contributed by atoms with van der Waals surface area (Å²) in [5, 5.41) is 2.71. The third-order valence-electron chi connectivity index (χ3n) is 2.42. The first-order chi connectivity index (χ1) is 8.90. The number of carbonyl (C=O) groups excluding carboxylic acids is 2. The molecule has 0 unspecified atom stereocenters. The van der Waals surface area contributed by atoms with E-state index in [0.717, 1.165) is 23.8 Å². The number of ether oxygens (including phenoxy) is 1. The zero-order valence-corrected chi connectivity index (χ0v) is 11.7. The molecule has 0 aliphatic carbocycles. The highest BCUT2D eigenvalue weighted by Crippen LogP contribution is 2.07. The lowest BCUT2D eigenvalue weighted by Gasteiger charge is -2.19. The fourth-order valence-corrected chi connectivity index (χ4v) is 1.56. The van der Waals surface area contributed by atoms with E-state index in [-0.39, 0.29) is 0 Å². The van der Waals surface area contributed by atoms with Crippen LogP contribution in [0.4, 0.5) is 4.79 Å². The maximum Gasteiger partial charge on any atom is 0.407 e. The van der Waals surface area contributed by atoms with Crippen LogP contribution in [0.3, 0.4) is 0 Å². The van der Waals surface area contributed by atoms with Crippen LogP contribution in [0.15, 0.2) is 24.3 Å². The summed E-state index contributed by atoms with van der Waals surface area (Å²) in [7, 11) is 0. The van der Waals surface area contributed by atoms with Crippen LogP contribution >= 0.6 is 0 Å². The first-order valence-electron chi connectivity index (χ1n) is 6.39. The van der Waals surface area contributed by atoms with Gasteiger partial charge < -0.3 is 14.8 Å². The van der Waals surface area contributed by atoms with Crippen LogP contribution < -0.4 is 5.32 Å². The van der Waals surface area contributed by atoms with E-state index in [9.17, 15) is 9.59 Å². The number of amides is 1. The number of aldehydes is 1. The lowest BCUT2D eigenvalue weighted by atomic mass is 10.1. The molecule has 0 spiro atoms. The first kappa shape index (κ1) is 15.2. The van der Waals surface area contributed by atoms with Gasteiger partial charge in [-0.05, 0) is 38.3 Å². The van der Waals surface area contributed by atoms with Crippen LogP contribution in [0.5, 0.6) is 0 Å². The SMILES string of the molecule is CC(C)(C)OC(=O)NCCc1ccc(CC=O)cc1. The molecule has 0 heterocycles. The van der Waals surface area contributed by atoms with E-state index in [2.05, 4.69) is 5.32 Å². The van der Waals surface area contributed by atoms with Gasteiger partial charge in [0, 0.05) is 13.0 Å². The maximum atomic E-state index is 11.4. The molecular weight excluding hydrogens is 242 g/mol. The van der Waals surface area contributed by atoms with Crippen molar-refractivity contribution in [3.8, 4) is 0 Å². The van der Waals surface area contributed by atoms with Crippen LogP contribution in [0.25, 0.3) is 0 Å². The molecule has 19 heavy (non-hydrogen) atoms. The number of carbonyl (C=O) groups is 2. The summed E-state index contributed by atoms with van der Waals surface area (Å²) in [6.45, 7) is 6.02. The number of alkyl carbamates (subject to hydrolysis) is 1. The average molecular weight is 263 g/mol. The minimum absolute atomic E-state index is 0.398. The second-order valence-corrected chi connectivity index (χ2v) is 5.37. The summed E-state index contributed by atoms with van der Waals surface area (Å²) >= 11 is 0. The predicted octanol–water partition coefficient (Wildman–Crippen LogP) is 2.50. The summed E-state index contributed by atoms with van der Waals surface area (Å²) in [6, 6.07) is 7.79. The van der Waals surface area contributed by atoms with Crippen molar-refractivity contribution in [1.29, 1.82) is 0 Å². The molecule has 1 N–H and O–H groups in total. The molecule has 1 aromatic carbocycles. The Hall–Kier alpha value is -1.84. The van der Waals surface area contributed by atoms with Crippen molar-refractivity contribution in [2.75, 3.05) is 6.54 Å². The number of nitrogens with one attached hydrogen (secondary N) is 1. The van der Waals surface area contributed by atoms with Gasteiger partial charge in [0.1, 0.15) is 11.9 Å². The maximum absolute atomic E-state index is 11.4. The Morgan fingerprint density at radius 1 is 1.21 bits per heavy atom. The average Bonchev–Trinajstić information content (AvgIpc) is 2.29. The quantitative estimate of drug-likeness (QED) is 0.830. The molecule has 1 aromatic rings. The highest BCUT2D eigenvalue weighted by molar-refractivity contribution is 5.67. The lowest BCUT2D eigenvalue weighted by molar-refractivity contribution is -0.107. The Balaban J connectivity index is 2.33. The molecule has 0 fully saturated rings. The molecule has 0 aliphatic rings. The second kappa shape index (κ2) is 6.92. The predicted molar refractivity (Wildman–Crippen MR) is 74.2 cm³/mol. The van der Waals surface area contributed by atoms with Gasteiger partial charge in [0.05, 0.1) is 0 Å². The Morgan fingerprint density at radius 3 is 2.32 bits per heavy atom. The molecule has 0 radical (unpaired) electrons. The number of rotatable bonds is 5. The van der Waals surface area contributed by atoms with Crippen molar-refractivity contribution in [2.24, 2.45) is 0 Å². The summed E-state index contributed by atoms with van der Waals surface area (Å²) in [5.41, 5.74) is 1.64. The zero-order chi connectivity index (χ0) is 14.3. The minimum Gasteiger partial charge on any atom is -0.444 e. The van der Waals surface area contributed by atoms with Crippen molar-refractivity contribution < 1.29 is 14.3 Å². The van der Waals surface area contributed by atoms with Crippen molar-refractivity contribution in [1.82, 2.24) is 5.32 Å². The van der Waals surface area contributed by atoms with Gasteiger partial charge in [-0.15, -0.1) is 0 Å². The molecule has 0 saturated heterocycles. The molecule has 4 nitrogen and oxygen atoms in total. The Kier molecular flexibility index (Phi) is 5.55. The smallest absolute Gasteiger partial charge is 0.407 e. The fourth-order valence-electron chi connectivity index (χ4n) is 1.56. The van der Waals surface area contributed by atoms with Crippen molar-refractivity contribution in [3.05, 3.63) is 35.4 Å². The zero-order valence-electron chi connectivity index (χ0n) is 11.7. The van der Waals surface area contributed by atoms with Crippen molar-refractivity contribution in [2.45, 2.75) is 39.2 Å². The number of hydrogen-bond donors (Lipinski definition) is 1. The standard InChI is InChI=1S/C15H21NO3/c1-15(2,3)19-14(18)16-10-8-12-4-6-13(7-5-12)9-11-17/h4-7,11H,8-10H2,1-3H3,(H,16,18). The highest BCUT2D eigenvalue weighted by Gasteiger charge is 2.15. The van der Waals surface area contributed by atoms with Gasteiger partial charge >= 0.3 is 6.09 Å². The van der Waals surface area contributed by atoms with Crippen LogP contribution in [-0.2, 0) is 22.4 Å². The van der Waals surface area contributed by atoms with Gasteiger partial charge in [0.25, 0.3) is 0 Å². The Bertz CT molecular complexity index is 418. The molecule has 1 amide bonds. The van der Waals surface area contributed by atoms with E-state index in [0.29, 0.717) is 13.0 Å². The second-order valence-electron chi connectivity index (χ2n) is 5.37. The van der Waals surface area contributed by atoms with E-state index in [1.54, 1.807) is 0 Å². The summed E-state index contributed by atoms with van der Waals surface area (Å²) in [4.78, 5) is 21.8. The van der Waals surface area contributed by atoms with Gasteiger partial charge in [0.15, 0.2) is 0 Å². The summed E-state index contributed by atoms with van der Waals surface area (Å²) in [6.07, 6.45) is 1.67. The van der Waals surface area contributed by atoms with E-state index >= 15 is 0 Å². The normalized spacial score (nSPS) is 10.9. The topological polar surface area (TPSA) is 55.4 Å². The number of hydrogen-bond acceptors (Lipinski definition) is 3. The summed E-state index contributed by atoms with van der Waals surface area (Å²) in [5.74, 6) is 0. The number of benzene rings is 1. The van der Waals surface area contributed by atoms with Gasteiger partial charge in [-0.1, -0.05) is 24.3 Å². The largest absolute Gasteiger partial charge is 0.444 e. The van der Waals surface area contributed by atoms with E-state index < -0.39 is 11.7 Å². The third kappa shape index (κ3) is 6.60. The lowest BCUT2D eigenvalue weighted by Crippen LogP contribution is -2.33. The molecular formula is C15H21NO3. The van der Waals surface area contributed by atoms with Crippen LogP contribution in [0.1, 0.15) is 31.9 Å². The third-order valence-corrected chi connectivity index (χ3v) is 2.42. The molecule has 104 valence electrons. The molecule has 0 bridgehead atoms. The van der Waals surface area contributed by atoms with Gasteiger partial charge in [0.2, 0.25) is 0 Å². The van der Waals surface area contributed by atoms with Crippen molar-refractivity contribution >= 4 is 12.4 Å². The van der Waals surface area contributed by atoms with E-state index in [4.69, 9.17) is 4.74 Å². The molecule has 1 rings (SSSR count). The van der Waals surface area contributed by atoms with Crippen molar-refractivity contribution in [3.63, 3.8) is 0 Å². The molecule has 4 heteroatoms. The van der Waals surface area contributed by atoms with E-state index in [1.165, 1.54) is 0 Å². The fraction of sp³-hybridized carbons (Fsp3) is 0.467. The molecule has 0 aromatic heterocycles. The Labute approximate surface area is 114 Å². The van der Waals surface area contributed by atoms with Crippen LogP contribution in [-0.4, -0.2) is 24.5 Å². The van der Waals surface area contributed by atoms with Crippen LogP contribution in [0.2, 0.25) is 0 Å². The molecule has 0 atom stereocenters. The Morgan fingerprint density at radius 2 is 1.79 bits per heavy atom. The minimum atomic E-state index is -0.472. The summed E-state index contributed by atoms with van der Waals surface area (Å²) < 4.78 is 5.14. The molecule has 0 saturated carbocycles. The van der Waals surface area contributed by atoms with Gasteiger partial charge in [-0.2, -0.15) is 0 Å². The van der Waals surface area contributed by atoms with E-state index in [1.807, 2.05) is 45.0 Å².